The molecule has 0 saturated heterocycles. The Bertz CT molecular complexity index is 510. The van der Waals surface area contributed by atoms with Gasteiger partial charge in [-0.15, -0.1) is 0 Å². The van der Waals surface area contributed by atoms with Gasteiger partial charge in [0.05, 0.1) is 4.92 Å². The van der Waals surface area contributed by atoms with Gasteiger partial charge in [-0.25, -0.2) is 8.78 Å². The number of hydrogen-bond donors (Lipinski definition) is 1. The summed E-state index contributed by atoms with van der Waals surface area (Å²) >= 11 is 0. The number of halogens is 2. The number of nitrogens with one attached hydrogen (secondary N) is 1. The highest BCUT2D eigenvalue weighted by atomic mass is 19.3. The van der Waals surface area contributed by atoms with Crippen LogP contribution in [0.15, 0.2) is 18.2 Å². The van der Waals surface area contributed by atoms with E-state index in [1.807, 2.05) is 0 Å². The summed E-state index contributed by atoms with van der Waals surface area (Å²) in [4.78, 5) is 21.3. The fourth-order valence-corrected chi connectivity index (χ4v) is 1.41. The van der Waals surface area contributed by atoms with E-state index in [1.165, 1.54) is 6.07 Å². The maximum Gasteiger partial charge on any atom is 0.278 e. The molecular formula is C12H14F2N2O3. The van der Waals surface area contributed by atoms with Crippen LogP contribution in [0.3, 0.4) is 0 Å². The third-order valence-corrected chi connectivity index (χ3v) is 2.46. The summed E-state index contributed by atoms with van der Waals surface area (Å²) < 4.78 is 26.7. The highest BCUT2D eigenvalue weighted by molar-refractivity contribution is 5.92. The molecule has 0 saturated carbocycles. The molecular weight excluding hydrogens is 258 g/mol. The van der Waals surface area contributed by atoms with Crippen LogP contribution in [0.2, 0.25) is 0 Å². The van der Waals surface area contributed by atoms with Crippen LogP contribution in [0.5, 0.6) is 0 Å². The molecule has 0 spiro atoms. The van der Waals surface area contributed by atoms with E-state index in [2.05, 4.69) is 5.32 Å². The van der Waals surface area contributed by atoms with Crippen molar-refractivity contribution >= 4 is 17.3 Å². The van der Waals surface area contributed by atoms with Gasteiger partial charge in [-0.3, -0.25) is 14.9 Å². The summed E-state index contributed by atoms with van der Waals surface area (Å²) in [5, 5.41) is 13.1. The Labute approximate surface area is 108 Å². The molecule has 1 N–H and O–H groups in total. The van der Waals surface area contributed by atoms with Gasteiger partial charge in [-0.2, -0.15) is 0 Å². The molecule has 0 aliphatic heterocycles. The number of carbonyl (C=O) groups excluding carboxylic acids is 1. The first-order chi connectivity index (χ1) is 8.62. The van der Waals surface area contributed by atoms with Gasteiger partial charge in [0, 0.05) is 24.6 Å². The smallest absolute Gasteiger partial charge is 0.278 e. The molecule has 0 fully saturated rings. The van der Waals surface area contributed by atoms with Crippen LogP contribution in [0, 0.1) is 16.0 Å². The first-order valence-electron chi connectivity index (χ1n) is 5.60. The standard InChI is InChI=1S/C12H14F2N2O3/c1-7(2)11(17)15-8-4-5-10(16(18)19)9(6-8)12(3,13)14/h4-7H,1-3H3,(H,15,17). The van der Waals surface area contributed by atoms with E-state index in [9.17, 15) is 23.7 Å². The van der Waals surface area contributed by atoms with Crippen LogP contribution in [0.4, 0.5) is 20.2 Å². The van der Waals surface area contributed by atoms with Crippen molar-refractivity contribution in [2.24, 2.45) is 5.92 Å². The molecule has 104 valence electrons. The minimum atomic E-state index is -3.36. The Hall–Kier alpha value is -2.05. The van der Waals surface area contributed by atoms with E-state index >= 15 is 0 Å². The van der Waals surface area contributed by atoms with Crippen molar-refractivity contribution in [3.8, 4) is 0 Å². The monoisotopic (exact) mass is 272 g/mol. The number of hydrogen-bond acceptors (Lipinski definition) is 3. The molecule has 5 nitrogen and oxygen atoms in total. The number of rotatable bonds is 4. The van der Waals surface area contributed by atoms with E-state index in [-0.39, 0.29) is 17.5 Å². The molecule has 0 heterocycles. The second-order valence-corrected chi connectivity index (χ2v) is 4.52. The Balaban J connectivity index is 3.19. The minimum absolute atomic E-state index is 0.112. The topological polar surface area (TPSA) is 72.2 Å². The van der Waals surface area contributed by atoms with Gasteiger partial charge in [0.1, 0.15) is 5.56 Å². The molecule has 1 rings (SSSR count). The van der Waals surface area contributed by atoms with Crippen molar-refractivity contribution in [3.05, 3.63) is 33.9 Å². The zero-order valence-corrected chi connectivity index (χ0v) is 10.7. The molecule has 1 aromatic rings. The van der Waals surface area contributed by atoms with Crippen LogP contribution in [0.1, 0.15) is 26.3 Å². The lowest BCUT2D eigenvalue weighted by Gasteiger charge is -2.13. The van der Waals surface area contributed by atoms with Crippen LogP contribution in [-0.2, 0) is 10.7 Å². The van der Waals surface area contributed by atoms with Gasteiger partial charge in [-0.1, -0.05) is 13.8 Å². The Morgan fingerprint density at radius 2 is 2.00 bits per heavy atom. The quantitative estimate of drug-likeness (QED) is 0.675. The third-order valence-electron chi connectivity index (χ3n) is 2.46. The largest absolute Gasteiger partial charge is 0.326 e. The zero-order chi connectivity index (χ0) is 14.8. The Kier molecular flexibility index (Phi) is 4.18. The number of alkyl halides is 2. The molecule has 0 radical (unpaired) electrons. The number of amides is 1. The maximum atomic E-state index is 13.3. The summed E-state index contributed by atoms with van der Waals surface area (Å²) in [5.74, 6) is -4.03. The van der Waals surface area contributed by atoms with Crippen LogP contribution >= 0.6 is 0 Å². The summed E-state index contributed by atoms with van der Waals surface area (Å²) in [6.45, 7) is 3.87. The predicted molar refractivity (Wildman–Crippen MR) is 66.1 cm³/mol. The lowest BCUT2D eigenvalue weighted by molar-refractivity contribution is -0.386. The van der Waals surface area contributed by atoms with Crippen molar-refractivity contribution in [1.82, 2.24) is 0 Å². The van der Waals surface area contributed by atoms with Crippen molar-refractivity contribution in [1.29, 1.82) is 0 Å². The average Bonchev–Trinajstić information content (AvgIpc) is 2.27. The number of nitrogens with zero attached hydrogens (tertiary/aromatic N) is 1. The molecule has 1 aromatic carbocycles. The van der Waals surface area contributed by atoms with Crippen molar-refractivity contribution in [2.45, 2.75) is 26.7 Å². The van der Waals surface area contributed by atoms with Crippen molar-refractivity contribution < 1.29 is 18.5 Å². The van der Waals surface area contributed by atoms with Gasteiger partial charge >= 0.3 is 0 Å². The van der Waals surface area contributed by atoms with E-state index in [0.717, 1.165) is 12.1 Å². The molecule has 0 bridgehead atoms. The van der Waals surface area contributed by atoms with Crippen LogP contribution in [0.25, 0.3) is 0 Å². The molecule has 0 aromatic heterocycles. The number of benzene rings is 1. The van der Waals surface area contributed by atoms with Crippen molar-refractivity contribution in [2.75, 3.05) is 5.32 Å². The highest BCUT2D eigenvalue weighted by Gasteiger charge is 2.33. The molecule has 7 heteroatoms. The normalized spacial score (nSPS) is 11.5. The van der Waals surface area contributed by atoms with E-state index in [4.69, 9.17) is 0 Å². The predicted octanol–water partition coefficient (Wildman–Crippen LogP) is 3.30. The average molecular weight is 272 g/mol. The fraction of sp³-hybridized carbons (Fsp3) is 0.417. The molecule has 1 amide bonds. The second kappa shape index (κ2) is 5.29. The highest BCUT2D eigenvalue weighted by Crippen LogP contribution is 2.36. The fourth-order valence-electron chi connectivity index (χ4n) is 1.41. The van der Waals surface area contributed by atoms with Crippen LogP contribution in [-0.4, -0.2) is 10.8 Å². The number of carbonyl (C=O) groups is 1. The van der Waals surface area contributed by atoms with Gasteiger partial charge < -0.3 is 5.32 Å². The number of anilines is 1. The molecule has 0 unspecified atom stereocenters. The second-order valence-electron chi connectivity index (χ2n) is 4.52. The lowest BCUT2D eigenvalue weighted by Crippen LogP contribution is -2.18. The summed E-state index contributed by atoms with van der Waals surface area (Å²) in [6.07, 6.45) is 0. The molecule has 0 atom stereocenters. The summed E-state index contributed by atoms with van der Waals surface area (Å²) in [6, 6.07) is 3.12. The number of nitro benzene ring substituents is 1. The lowest BCUT2D eigenvalue weighted by atomic mass is 10.1. The van der Waals surface area contributed by atoms with Gasteiger partial charge in [-0.05, 0) is 12.1 Å². The van der Waals surface area contributed by atoms with Gasteiger partial charge in [0.25, 0.3) is 11.6 Å². The third kappa shape index (κ3) is 3.70. The van der Waals surface area contributed by atoms with Crippen molar-refractivity contribution in [3.63, 3.8) is 0 Å². The zero-order valence-electron chi connectivity index (χ0n) is 10.7. The van der Waals surface area contributed by atoms with Gasteiger partial charge in [0.15, 0.2) is 0 Å². The Morgan fingerprint density at radius 1 is 1.42 bits per heavy atom. The van der Waals surface area contributed by atoms with Gasteiger partial charge in [0.2, 0.25) is 5.91 Å². The molecule has 19 heavy (non-hydrogen) atoms. The first-order valence-corrected chi connectivity index (χ1v) is 5.60. The van der Waals surface area contributed by atoms with Crippen LogP contribution < -0.4 is 5.32 Å². The van der Waals surface area contributed by atoms with E-state index < -0.39 is 22.1 Å². The Morgan fingerprint density at radius 3 is 2.42 bits per heavy atom. The first kappa shape index (κ1) is 15.0. The van der Waals surface area contributed by atoms with E-state index in [0.29, 0.717) is 6.92 Å². The summed E-state index contributed by atoms with van der Waals surface area (Å²) in [5.41, 5.74) is -1.28. The minimum Gasteiger partial charge on any atom is -0.326 e. The maximum absolute atomic E-state index is 13.3. The van der Waals surface area contributed by atoms with E-state index in [1.54, 1.807) is 13.8 Å². The summed E-state index contributed by atoms with van der Waals surface area (Å²) in [7, 11) is 0. The number of nitro groups is 1. The molecule has 0 aliphatic carbocycles. The SMILES string of the molecule is CC(C)C(=O)Nc1ccc([N+](=O)[O-])c(C(C)(F)F)c1. The molecule has 0 aliphatic rings.